The number of nitrogens with one attached hydrogen (secondary N) is 1. The minimum absolute atomic E-state index is 0.000771. The Morgan fingerprint density at radius 3 is 2.49 bits per heavy atom. The van der Waals surface area contributed by atoms with Crippen molar-refractivity contribution >= 4 is 68.2 Å². The first-order valence-corrected chi connectivity index (χ1v) is 13.8. The molecule has 0 atom stereocenters. The van der Waals surface area contributed by atoms with Gasteiger partial charge in [0, 0.05) is 29.4 Å². The number of carbonyl (C=O) groups is 3. The van der Waals surface area contributed by atoms with E-state index in [1.54, 1.807) is 59.5 Å². The number of anilines is 1. The van der Waals surface area contributed by atoms with Gasteiger partial charge in [0.2, 0.25) is 0 Å². The van der Waals surface area contributed by atoms with E-state index in [4.69, 9.17) is 16.3 Å². The highest BCUT2D eigenvalue weighted by molar-refractivity contribution is 8.01. The van der Waals surface area contributed by atoms with Crippen molar-refractivity contribution in [3.05, 3.63) is 88.4 Å². The lowest BCUT2D eigenvalue weighted by Crippen LogP contribution is -2.41. The number of ketones is 1. The number of thioether (sulfide) groups is 1. The highest BCUT2D eigenvalue weighted by Gasteiger charge is 2.23. The number of morpholine rings is 1. The number of amides is 2. The van der Waals surface area contributed by atoms with E-state index < -0.39 is 0 Å². The van der Waals surface area contributed by atoms with Crippen LogP contribution in [-0.2, 0) is 4.74 Å². The van der Waals surface area contributed by atoms with Crippen LogP contribution in [0.4, 0.5) is 5.69 Å². The fraction of sp³-hybridized carbons (Fsp3) is 0.185. The monoisotopic (exact) mass is 551 g/mol. The summed E-state index contributed by atoms with van der Waals surface area (Å²) in [6, 6.07) is 19.1. The van der Waals surface area contributed by atoms with Crippen molar-refractivity contribution in [2.45, 2.75) is 4.34 Å². The number of ether oxygens (including phenoxy) is 1. The molecule has 0 radical (unpaired) electrons. The molecular weight excluding hydrogens is 530 g/mol. The van der Waals surface area contributed by atoms with Crippen LogP contribution in [0, 0.1) is 0 Å². The van der Waals surface area contributed by atoms with Crippen molar-refractivity contribution in [2.75, 3.05) is 37.4 Å². The largest absolute Gasteiger partial charge is 0.378 e. The molecule has 2 amide bonds. The predicted octanol–water partition coefficient (Wildman–Crippen LogP) is 5.65. The van der Waals surface area contributed by atoms with Crippen LogP contribution in [0.15, 0.2) is 71.1 Å². The molecule has 0 spiro atoms. The first-order valence-electron chi connectivity index (χ1n) is 11.6. The fourth-order valence-corrected chi connectivity index (χ4v) is 6.02. The summed E-state index contributed by atoms with van der Waals surface area (Å²) in [4.78, 5) is 44.9. The number of hydrogen-bond donors (Lipinski definition) is 1. The molecule has 188 valence electrons. The van der Waals surface area contributed by atoms with E-state index in [0.29, 0.717) is 53.7 Å². The Balaban J connectivity index is 1.27. The Labute approximate surface area is 226 Å². The third-order valence-corrected chi connectivity index (χ3v) is 8.23. The van der Waals surface area contributed by atoms with Gasteiger partial charge in [0.05, 0.1) is 40.3 Å². The zero-order valence-corrected chi connectivity index (χ0v) is 22.0. The number of fused-ring (bicyclic) bond motifs is 1. The van der Waals surface area contributed by atoms with Crippen LogP contribution in [0.25, 0.3) is 10.2 Å². The standard InChI is InChI=1S/C27H22ClN3O4S2/c28-18-7-5-17(6-8-18)23(32)16-36-27-30-22-10-9-19(15-24(22)37-27)29-25(33)20-3-1-2-4-21(20)26(34)31-11-13-35-14-12-31/h1-10,15H,11-14,16H2,(H,29,33). The summed E-state index contributed by atoms with van der Waals surface area (Å²) in [6.45, 7) is 1.99. The van der Waals surface area contributed by atoms with Crippen molar-refractivity contribution in [1.29, 1.82) is 0 Å². The first-order chi connectivity index (χ1) is 18.0. The molecule has 5 rings (SSSR count). The third-order valence-electron chi connectivity index (χ3n) is 5.82. The summed E-state index contributed by atoms with van der Waals surface area (Å²) in [7, 11) is 0. The Hall–Kier alpha value is -3.24. The summed E-state index contributed by atoms with van der Waals surface area (Å²) in [5.41, 5.74) is 2.68. The maximum atomic E-state index is 13.1. The molecule has 1 aliphatic rings. The second-order valence-electron chi connectivity index (χ2n) is 8.29. The third kappa shape index (κ3) is 6.02. The number of rotatable bonds is 7. The molecule has 1 N–H and O–H groups in total. The zero-order chi connectivity index (χ0) is 25.8. The highest BCUT2D eigenvalue weighted by atomic mass is 35.5. The van der Waals surface area contributed by atoms with Gasteiger partial charge in [0.1, 0.15) is 0 Å². The zero-order valence-electron chi connectivity index (χ0n) is 19.6. The van der Waals surface area contributed by atoms with Crippen LogP contribution in [0.5, 0.6) is 0 Å². The van der Waals surface area contributed by atoms with Crippen molar-refractivity contribution < 1.29 is 19.1 Å². The molecule has 1 fully saturated rings. The molecule has 0 bridgehead atoms. The average molecular weight is 552 g/mol. The van der Waals surface area contributed by atoms with E-state index in [2.05, 4.69) is 10.3 Å². The van der Waals surface area contributed by atoms with E-state index in [9.17, 15) is 14.4 Å². The van der Waals surface area contributed by atoms with Crippen LogP contribution in [-0.4, -0.2) is 59.5 Å². The SMILES string of the molecule is O=C(CSc1nc2ccc(NC(=O)c3ccccc3C(=O)N3CCOCC3)cc2s1)c1ccc(Cl)cc1. The predicted molar refractivity (Wildman–Crippen MR) is 147 cm³/mol. The van der Waals surface area contributed by atoms with E-state index in [1.165, 1.54) is 23.1 Å². The van der Waals surface area contributed by atoms with Gasteiger partial charge in [-0.25, -0.2) is 4.98 Å². The molecule has 0 saturated carbocycles. The van der Waals surface area contributed by atoms with Gasteiger partial charge in [-0.05, 0) is 54.6 Å². The van der Waals surface area contributed by atoms with Crippen LogP contribution < -0.4 is 5.32 Å². The number of nitrogens with zero attached hydrogens (tertiary/aromatic N) is 2. The van der Waals surface area contributed by atoms with Crippen LogP contribution in [0.1, 0.15) is 31.1 Å². The molecule has 0 aliphatic carbocycles. The summed E-state index contributed by atoms with van der Waals surface area (Å²) >= 11 is 8.73. The number of aromatic nitrogens is 1. The molecule has 4 aromatic rings. The lowest BCUT2D eigenvalue weighted by atomic mass is 10.0. The van der Waals surface area contributed by atoms with Gasteiger partial charge < -0.3 is 15.0 Å². The van der Waals surface area contributed by atoms with E-state index >= 15 is 0 Å². The Morgan fingerprint density at radius 1 is 1.00 bits per heavy atom. The van der Waals surface area contributed by atoms with Gasteiger partial charge in [-0.2, -0.15) is 0 Å². The van der Waals surface area contributed by atoms with E-state index in [-0.39, 0.29) is 23.4 Å². The molecule has 1 saturated heterocycles. The van der Waals surface area contributed by atoms with Gasteiger partial charge in [-0.1, -0.05) is 35.5 Å². The molecule has 0 unspecified atom stereocenters. The fourth-order valence-electron chi connectivity index (χ4n) is 3.89. The van der Waals surface area contributed by atoms with Crippen LogP contribution >= 0.6 is 34.7 Å². The molecule has 1 aliphatic heterocycles. The number of thiazole rings is 1. The Morgan fingerprint density at radius 2 is 1.73 bits per heavy atom. The molecule has 10 heteroatoms. The molecule has 2 heterocycles. The lowest BCUT2D eigenvalue weighted by molar-refractivity contribution is 0.0302. The number of hydrogen-bond acceptors (Lipinski definition) is 7. The molecule has 1 aromatic heterocycles. The molecule has 7 nitrogen and oxygen atoms in total. The van der Waals surface area contributed by atoms with Gasteiger partial charge in [0.25, 0.3) is 11.8 Å². The van der Waals surface area contributed by atoms with Crippen LogP contribution in [0.2, 0.25) is 5.02 Å². The van der Waals surface area contributed by atoms with E-state index in [0.717, 1.165) is 14.6 Å². The van der Waals surface area contributed by atoms with E-state index in [1.807, 2.05) is 12.1 Å². The first kappa shape index (κ1) is 25.4. The summed E-state index contributed by atoms with van der Waals surface area (Å²) in [5, 5.41) is 3.50. The van der Waals surface area contributed by atoms with Crippen molar-refractivity contribution in [3.63, 3.8) is 0 Å². The smallest absolute Gasteiger partial charge is 0.256 e. The topological polar surface area (TPSA) is 88.6 Å². The lowest BCUT2D eigenvalue weighted by Gasteiger charge is -2.27. The van der Waals surface area contributed by atoms with Gasteiger partial charge >= 0.3 is 0 Å². The van der Waals surface area contributed by atoms with Crippen molar-refractivity contribution in [1.82, 2.24) is 9.88 Å². The second-order valence-corrected chi connectivity index (χ2v) is 11.0. The second kappa shape index (κ2) is 11.4. The Bertz CT molecular complexity index is 1470. The number of benzene rings is 3. The van der Waals surface area contributed by atoms with Gasteiger partial charge in [-0.15, -0.1) is 11.3 Å². The van der Waals surface area contributed by atoms with Gasteiger partial charge in [-0.3, -0.25) is 14.4 Å². The average Bonchev–Trinajstić information content (AvgIpc) is 3.34. The molecule has 3 aromatic carbocycles. The maximum Gasteiger partial charge on any atom is 0.256 e. The minimum Gasteiger partial charge on any atom is -0.378 e. The molecular formula is C27H22ClN3O4S2. The van der Waals surface area contributed by atoms with Crippen molar-refractivity contribution in [2.24, 2.45) is 0 Å². The highest BCUT2D eigenvalue weighted by Crippen LogP contribution is 2.32. The normalized spacial score (nSPS) is 13.5. The van der Waals surface area contributed by atoms with Gasteiger partial charge in [0.15, 0.2) is 10.1 Å². The quantitative estimate of drug-likeness (QED) is 0.236. The number of Topliss-reactive ketones (excluding diaryl/α,β-unsaturated/α-hetero) is 1. The molecule has 37 heavy (non-hydrogen) atoms. The van der Waals surface area contributed by atoms with Crippen molar-refractivity contribution in [3.8, 4) is 0 Å². The number of halogens is 1. The maximum absolute atomic E-state index is 13.1. The Kier molecular flexibility index (Phi) is 7.85. The number of carbonyl (C=O) groups excluding carboxylic acids is 3. The van der Waals surface area contributed by atoms with Crippen LogP contribution in [0.3, 0.4) is 0 Å². The summed E-state index contributed by atoms with van der Waals surface area (Å²) < 4.78 is 6.98. The minimum atomic E-state index is -0.357. The summed E-state index contributed by atoms with van der Waals surface area (Å²) in [6.07, 6.45) is 0. The summed E-state index contributed by atoms with van der Waals surface area (Å²) in [5.74, 6) is -0.274.